The first-order chi connectivity index (χ1) is 10.0. The number of nitrogens with two attached hydrogens (primary N) is 1. The number of esters is 1. The van der Waals surface area contributed by atoms with Crippen molar-refractivity contribution in [2.75, 3.05) is 23.5 Å². The first-order valence-electron chi connectivity index (χ1n) is 6.11. The molecule has 2 aromatic rings. The number of carbonyl (C=O) groups excluding carboxylic acids is 2. The van der Waals surface area contributed by atoms with Crippen LogP contribution in [-0.4, -0.2) is 19.1 Å². The van der Waals surface area contributed by atoms with Crippen molar-refractivity contribution in [1.82, 2.24) is 0 Å². The van der Waals surface area contributed by atoms with Crippen LogP contribution < -0.4 is 16.4 Å². The van der Waals surface area contributed by atoms with Gasteiger partial charge in [-0.25, -0.2) is 9.59 Å². The number of nitrogens with one attached hydrogen (secondary N) is 2. The summed E-state index contributed by atoms with van der Waals surface area (Å²) < 4.78 is 4.69. The lowest BCUT2D eigenvalue weighted by atomic mass is 10.2. The van der Waals surface area contributed by atoms with Crippen LogP contribution in [0.4, 0.5) is 21.9 Å². The highest BCUT2D eigenvalue weighted by atomic mass is 32.1. The molecule has 0 fully saturated rings. The summed E-state index contributed by atoms with van der Waals surface area (Å²) in [5, 5.41) is 7.11. The molecule has 4 N–H and O–H groups in total. The molecule has 0 saturated carbocycles. The minimum atomic E-state index is -0.476. The smallest absolute Gasteiger partial charge is 0.350 e. The molecule has 1 aromatic carbocycles. The van der Waals surface area contributed by atoms with E-state index in [-0.39, 0.29) is 0 Å². The molecule has 21 heavy (non-hydrogen) atoms. The van der Waals surface area contributed by atoms with Gasteiger partial charge >= 0.3 is 12.0 Å². The van der Waals surface area contributed by atoms with E-state index in [2.05, 4.69) is 15.4 Å². The number of amides is 2. The number of benzene rings is 1. The zero-order valence-corrected chi connectivity index (χ0v) is 12.4. The van der Waals surface area contributed by atoms with Gasteiger partial charge in [-0.15, -0.1) is 11.3 Å². The molecule has 110 valence electrons. The maximum Gasteiger partial charge on any atom is 0.350 e. The van der Waals surface area contributed by atoms with Crippen molar-refractivity contribution >= 4 is 40.4 Å². The molecule has 0 saturated heterocycles. The molecule has 0 spiro atoms. The number of urea groups is 1. The van der Waals surface area contributed by atoms with E-state index in [0.717, 1.165) is 5.56 Å². The quantitative estimate of drug-likeness (QED) is 0.600. The van der Waals surface area contributed by atoms with Crippen molar-refractivity contribution < 1.29 is 14.3 Å². The number of ether oxygens (including phenoxy) is 1. The molecule has 2 rings (SSSR count). The summed E-state index contributed by atoms with van der Waals surface area (Å²) in [7, 11) is 1.30. The second-order valence-electron chi connectivity index (χ2n) is 4.32. The maximum absolute atomic E-state index is 12.0. The highest BCUT2D eigenvalue weighted by molar-refractivity contribution is 7.12. The van der Waals surface area contributed by atoms with Crippen LogP contribution in [0.5, 0.6) is 0 Å². The third kappa shape index (κ3) is 3.51. The van der Waals surface area contributed by atoms with Crippen LogP contribution in [0.15, 0.2) is 29.6 Å². The van der Waals surface area contributed by atoms with Gasteiger partial charge in [-0.3, -0.25) is 0 Å². The van der Waals surface area contributed by atoms with Gasteiger partial charge in [0.15, 0.2) is 0 Å². The third-order valence-electron chi connectivity index (χ3n) is 2.75. The normalized spacial score (nSPS) is 10.0. The molecule has 0 atom stereocenters. The zero-order valence-electron chi connectivity index (χ0n) is 11.6. The topological polar surface area (TPSA) is 93.4 Å². The van der Waals surface area contributed by atoms with E-state index in [0.29, 0.717) is 21.9 Å². The van der Waals surface area contributed by atoms with Gasteiger partial charge in [-0.1, -0.05) is 0 Å². The number of carbonyl (C=O) groups is 2. The number of aryl methyl sites for hydroxylation is 1. The van der Waals surface area contributed by atoms with Crippen molar-refractivity contribution in [3.63, 3.8) is 0 Å². The van der Waals surface area contributed by atoms with E-state index >= 15 is 0 Å². The van der Waals surface area contributed by atoms with Gasteiger partial charge in [0, 0.05) is 11.4 Å². The Labute approximate surface area is 125 Å². The van der Waals surface area contributed by atoms with Crippen LogP contribution in [0.1, 0.15) is 15.2 Å². The number of thiophene rings is 1. The predicted octanol–water partition coefficient (Wildman–Crippen LogP) is 3.07. The molecular weight excluding hydrogens is 290 g/mol. The molecule has 7 heteroatoms. The standard InChI is InChI=1S/C14H15N3O3S/c1-8-7-21-12(13(18)20-2)11(8)17-14(19)16-10-5-3-9(15)4-6-10/h3-7H,15H2,1-2H3,(H2,16,17,19). The van der Waals surface area contributed by atoms with E-state index < -0.39 is 12.0 Å². The van der Waals surface area contributed by atoms with Gasteiger partial charge in [-0.05, 0) is 42.1 Å². The Morgan fingerprint density at radius 1 is 1.19 bits per heavy atom. The summed E-state index contributed by atoms with van der Waals surface area (Å²) in [6, 6.07) is 6.32. The molecule has 6 nitrogen and oxygen atoms in total. The average molecular weight is 305 g/mol. The van der Waals surface area contributed by atoms with E-state index in [9.17, 15) is 9.59 Å². The molecule has 0 aliphatic carbocycles. The van der Waals surface area contributed by atoms with Gasteiger partial charge in [0.2, 0.25) is 0 Å². The Morgan fingerprint density at radius 3 is 2.48 bits per heavy atom. The van der Waals surface area contributed by atoms with Gasteiger partial charge in [0.05, 0.1) is 12.8 Å². The van der Waals surface area contributed by atoms with Gasteiger partial charge in [-0.2, -0.15) is 0 Å². The lowest BCUT2D eigenvalue weighted by Gasteiger charge is -2.09. The van der Waals surface area contributed by atoms with Crippen LogP contribution in [0, 0.1) is 6.92 Å². The molecular formula is C14H15N3O3S. The Balaban J connectivity index is 2.11. The van der Waals surface area contributed by atoms with E-state index in [1.165, 1.54) is 18.4 Å². The van der Waals surface area contributed by atoms with Gasteiger partial charge in [0.1, 0.15) is 4.88 Å². The summed E-state index contributed by atoms with van der Waals surface area (Å²) in [5.41, 5.74) is 8.05. The second kappa shape index (κ2) is 6.27. The Bertz CT molecular complexity index is 665. The molecule has 1 aromatic heterocycles. The summed E-state index contributed by atoms with van der Waals surface area (Å²) in [4.78, 5) is 24.0. The van der Waals surface area contributed by atoms with Crippen LogP contribution in [0.25, 0.3) is 0 Å². The van der Waals surface area contributed by atoms with Crippen LogP contribution in [0.2, 0.25) is 0 Å². The average Bonchev–Trinajstić information content (AvgIpc) is 2.82. The summed E-state index contributed by atoms with van der Waals surface area (Å²) in [6.07, 6.45) is 0. The second-order valence-corrected chi connectivity index (χ2v) is 5.20. The number of methoxy groups -OCH3 is 1. The summed E-state index contributed by atoms with van der Waals surface area (Å²) in [6.45, 7) is 1.81. The lowest BCUT2D eigenvalue weighted by molar-refractivity contribution is 0.0607. The van der Waals surface area contributed by atoms with Crippen molar-refractivity contribution in [1.29, 1.82) is 0 Å². The fourth-order valence-electron chi connectivity index (χ4n) is 1.68. The van der Waals surface area contributed by atoms with Crippen LogP contribution in [-0.2, 0) is 4.74 Å². The highest BCUT2D eigenvalue weighted by Crippen LogP contribution is 2.28. The molecule has 0 aliphatic heterocycles. The molecule has 0 bridgehead atoms. The van der Waals surface area contributed by atoms with Gasteiger partial charge in [0.25, 0.3) is 0 Å². The predicted molar refractivity (Wildman–Crippen MR) is 83.9 cm³/mol. The largest absolute Gasteiger partial charge is 0.465 e. The summed E-state index contributed by atoms with van der Waals surface area (Å²) >= 11 is 1.23. The molecule has 0 unspecified atom stereocenters. The fourth-order valence-corrected chi connectivity index (χ4v) is 2.61. The molecule has 2 amide bonds. The van der Waals surface area contributed by atoms with Crippen molar-refractivity contribution in [3.8, 4) is 0 Å². The van der Waals surface area contributed by atoms with Crippen LogP contribution in [0.3, 0.4) is 0 Å². The fraction of sp³-hybridized carbons (Fsp3) is 0.143. The Kier molecular flexibility index (Phi) is 4.44. The van der Waals surface area contributed by atoms with Crippen LogP contribution >= 0.6 is 11.3 Å². The summed E-state index contributed by atoms with van der Waals surface area (Å²) in [5.74, 6) is -0.476. The monoisotopic (exact) mass is 305 g/mol. The SMILES string of the molecule is COC(=O)c1scc(C)c1NC(=O)Nc1ccc(N)cc1. The molecule has 1 heterocycles. The molecule has 0 aliphatic rings. The van der Waals surface area contributed by atoms with Crippen molar-refractivity contribution in [2.24, 2.45) is 0 Å². The minimum Gasteiger partial charge on any atom is -0.465 e. The van der Waals surface area contributed by atoms with E-state index in [1.807, 2.05) is 6.92 Å². The van der Waals surface area contributed by atoms with Crippen molar-refractivity contribution in [2.45, 2.75) is 6.92 Å². The number of nitrogen functional groups attached to an aromatic ring is 1. The van der Waals surface area contributed by atoms with E-state index in [1.54, 1.807) is 29.6 Å². The van der Waals surface area contributed by atoms with E-state index in [4.69, 9.17) is 5.73 Å². The number of hydrogen-bond acceptors (Lipinski definition) is 5. The van der Waals surface area contributed by atoms with Crippen molar-refractivity contribution in [3.05, 3.63) is 40.1 Å². The minimum absolute atomic E-state index is 0.363. The number of hydrogen-bond donors (Lipinski definition) is 3. The lowest BCUT2D eigenvalue weighted by Crippen LogP contribution is -2.21. The Hall–Kier alpha value is -2.54. The number of rotatable bonds is 3. The first kappa shape index (κ1) is 14.9. The number of anilines is 3. The van der Waals surface area contributed by atoms with Gasteiger partial charge < -0.3 is 21.1 Å². The highest BCUT2D eigenvalue weighted by Gasteiger charge is 2.18. The zero-order chi connectivity index (χ0) is 15.4. The third-order valence-corrected chi connectivity index (χ3v) is 3.83. The first-order valence-corrected chi connectivity index (χ1v) is 6.99. The maximum atomic E-state index is 12.0. The molecule has 0 radical (unpaired) electrons. The Morgan fingerprint density at radius 2 is 1.86 bits per heavy atom.